The van der Waals surface area contributed by atoms with E-state index >= 15 is 0 Å². The summed E-state index contributed by atoms with van der Waals surface area (Å²) in [5, 5.41) is 0. The largest absolute Gasteiger partial charge is 0.340 e. The van der Waals surface area contributed by atoms with Crippen molar-refractivity contribution in [1.82, 2.24) is 9.21 Å². The number of hydrogen-bond acceptors (Lipinski definition) is 4. The number of benzene rings is 2. The number of hydrogen-bond donors (Lipinski definition) is 0. The minimum Gasteiger partial charge on any atom is -0.340 e. The Balaban J connectivity index is 1.54. The molecule has 0 N–H and O–H groups in total. The summed E-state index contributed by atoms with van der Waals surface area (Å²) in [5.41, 5.74) is 0. The van der Waals surface area contributed by atoms with E-state index in [0.717, 1.165) is 9.20 Å². The number of halogens is 4. The molecule has 0 radical (unpaired) electrons. The molecule has 2 aromatic rings. The molecular formula is C19H18F4N2O3S2. The fourth-order valence-corrected chi connectivity index (χ4v) is 5.29. The van der Waals surface area contributed by atoms with E-state index in [1.807, 2.05) is 0 Å². The molecule has 1 aliphatic heterocycles. The Bertz CT molecular complexity index is 1020. The smallest absolute Gasteiger partial charge is 0.246 e. The molecule has 30 heavy (non-hydrogen) atoms. The van der Waals surface area contributed by atoms with Gasteiger partial charge in [-0.15, -0.1) is 11.8 Å². The van der Waals surface area contributed by atoms with Gasteiger partial charge in [0.1, 0.15) is 10.7 Å². The Morgan fingerprint density at radius 1 is 0.900 bits per heavy atom. The maximum absolute atomic E-state index is 13.9. The van der Waals surface area contributed by atoms with Crippen LogP contribution in [0.3, 0.4) is 0 Å². The summed E-state index contributed by atoms with van der Waals surface area (Å²) in [6.07, 6.45) is 0.215. The molecule has 1 heterocycles. The summed E-state index contributed by atoms with van der Waals surface area (Å²) >= 11 is 1.40. The van der Waals surface area contributed by atoms with Gasteiger partial charge in [0.15, 0.2) is 17.5 Å². The molecule has 2 aromatic carbocycles. The highest BCUT2D eigenvalue weighted by atomic mass is 32.2. The SMILES string of the molecule is O=C(CCSc1ccc(F)cc1)N1CCN(S(=O)(=O)c2ccc(F)c(F)c2F)CC1. The van der Waals surface area contributed by atoms with Crippen LogP contribution in [-0.2, 0) is 14.8 Å². The van der Waals surface area contributed by atoms with E-state index in [1.54, 1.807) is 12.1 Å². The Kier molecular flexibility index (Phi) is 7.04. The fourth-order valence-electron chi connectivity index (χ4n) is 2.97. The van der Waals surface area contributed by atoms with Crippen molar-refractivity contribution in [1.29, 1.82) is 0 Å². The predicted octanol–water partition coefficient (Wildman–Crippen LogP) is 3.26. The van der Waals surface area contributed by atoms with Crippen molar-refractivity contribution in [3.05, 3.63) is 59.7 Å². The first-order chi connectivity index (χ1) is 14.2. The molecule has 0 bridgehead atoms. The van der Waals surface area contributed by atoms with E-state index in [2.05, 4.69) is 0 Å². The van der Waals surface area contributed by atoms with Crippen LogP contribution in [0.2, 0.25) is 0 Å². The van der Waals surface area contributed by atoms with Crippen molar-refractivity contribution in [2.24, 2.45) is 0 Å². The first-order valence-corrected chi connectivity index (χ1v) is 11.4. The predicted molar refractivity (Wildman–Crippen MR) is 103 cm³/mol. The van der Waals surface area contributed by atoms with Crippen molar-refractivity contribution in [2.45, 2.75) is 16.2 Å². The lowest BCUT2D eigenvalue weighted by Crippen LogP contribution is -2.50. The monoisotopic (exact) mass is 462 g/mol. The molecule has 0 atom stereocenters. The van der Waals surface area contributed by atoms with Crippen molar-refractivity contribution in [3.63, 3.8) is 0 Å². The van der Waals surface area contributed by atoms with E-state index in [9.17, 15) is 30.8 Å². The number of thioether (sulfide) groups is 1. The molecule has 5 nitrogen and oxygen atoms in total. The van der Waals surface area contributed by atoms with Crippen molar-refractivity contribution < 1.29 is 30.8 Å². The normalized spacial score (nSPS) is 15.4. The van der Waals surface area contributed by atoms with E-state index in [0.29, 0.717) is 17.9 Å². The second-order valence-electron chi connectivity index (χ2n) is 6.51. The lowest BCUT2D eigenvalue weighted by Gasteiger charge is -2.34. The molecule has 0 aliphatic carbocycles. The van der Waals surface area contributed by atoms with E-state index < -0.39 is 32.4 Å². The lowest BCUT2D eigenvalue weighted by molar-refractivity contribution is -0.131. The zero-order chi connectivity index (χ0) is 21.9. The van der Waals surface area contributed by atoms with Crippen molar-refractivity contribution in [2.75, 3.05) is 31.9 Å². The summed E-state index contributed by atoms with van der Waals surface area (Å²) in [7, 11) is -4.36. The Morgan fingerprint density at radius 3 is 2.17 bits per heavy atom. The van der Waals surface area contributed by atoms with E-state index in [4.69, 9.17) is 0 Å². The van der Waals surface area contributed by atoms with Gasteiger partial charge in [0.2, 0.25) is 15.9 Å². The molecule has 3 rings (SSSR count). The van der Waals surface area contributed by atoms with Gasteiger partial charge in [0, 0.05) is 43.2 Å². The lowest BCUT2D eigenvalue weighted by atomic mass is 10.3. The Hall–Kier alpha value is -2.11. The molecule has 0 spiro atoms. The number of amides is 1. The van der Waals surface area contributed by atoms with Crippen molar-refractivity contribution >= 4 is 27.7 Å². The van der Waals surface area contributed by atoms with Crippen molar-refractivity contribution in [3.8, 4) is 0 Å². The molecule has 1 amide bonds. The van der Waals surface area contributed by atoms with Crippen LogP contribution in [0.1, 0.15) is 6.42 Å². The molecule has 1 saturated heterocycles. The van der Waals surface area contributed by atoms with Gasteiger partial charge in [-0.3, -0.25) is 4.79 Å². The summed E-state index contributed by atoms with van der Waals surface area (Å²) in [6, 6.07) is 7.15. The highest BCUT2D eigenvalue weighted by Gasteiger charge is 2.33. The van der Waals surface area contributed by atoms with Gasteiger partial charge in [-0.05, 0) is 36.4 Å². The molecular weight excluding hydrogens is 444 g/mol. The van der Waals surface area contributed by atoms with Gasteiger partial charge in [-0.1, -0.05) is 0 Å². The second kappa shape index (κ2) is 9.36. The van der Waals surface area contributed by atoms with Gasteiger partial charge in [-0.25, -0.2) is 26.0 Å². The molecule has 0 aromatic heterocycles. The van der Waals surface area contributed by atoms with Gasteiger partial charge in [0.05, 0.1) is 0 Å². The minimum atomic E-state index is -4.36. The highest BCUT2D eigenvalue weighted by molar-refractivity contribution is 7.99. The molecule has 1 fully saturated rings. The number of nitrogens with zero attached hydrogens (tertiary/aromatic N) is 2. The molecule has 11 heteroatoms. The summed E-state index contributed by atoms with van der Waals surface area (Å²) < 4.78 is 79.4. The first kappa shape index (κ1) is 22.6. The molecule has 0 unspecified atom stereocenters. The van der Waals surface area contributed by atoms with Gasteiger partial charge >= 0.3 is 0 Å². The van der Waals surface area contributed by atoms with Crippen LogP contribution in [0, 0.1) is 23.3 Å². The van der Waals surface area contributed by atoms with Crippen LogP contribution >= 0.6 is 11.8 Å². The third-order valence-corrected chi connectivity index (χ3v) is 7.54. The number of carbonyl (C=O) groups excluding carboxylic acids is 1. The summed E-state index contributed by atoms with van der Waals surface area (Å²) in [5.74, 6) is -5.11. The number of sulfonamides is 1. The average Bonchev–Trinajstić information content (AvgIpc) is 2.73. The second-order valence-corrected chi connectivity index (χ2v) is 9.59. The topological polar surface area (TPSA) is 57.7 Å². The Morgan fingerprint density at radius 2 is 1.53 bits per heavy atom. The van der Waals surface area contributed by atoms with Crippen LogP contribution < -0.4 is 0 Å². The van der Waals surface area contributed by atoms with Crippen LogP contribution in [0.5, 0.6) is 0 Å². The first-order valence-electron chi connectivity index (χ1n) is 9.00. The van der Waals surface area contributed by atoms with E-state index in [-0.39, 0.29) is 44.3 Å². The molecule has 1 aliphatic rings. The fraction of sp³-hybridized carbons (Fsp3) is 0.316. The zero-order valence-electron chi connectivity index (χ0n) is 15.7. The molecule has 0 saturated carbocycles. The van der Waals surface area contributed by atoms with Crippen LogP contribution in [0.4, 0.5) is 17.6 Å². The van der Waals surface area contributed by atoms with Gasteiger partial charge in [0.25, 0.3) is 0 Å². The average molecular weight is 462 g/mol. The highest BCUT2D eigenvalue weighted by Crippen LogP contribution is 2.24. The van der Waals surface area contributed by atoms with Gasteiger partial charge < -0.3 is 4.90 Å². The van der Waals surface area contributed by atoms with Gasteiger partial charge in [-0.2, -0.15) is 4.31 Å². The third-order valence-electron chi connectivity index (χ3n) is 4.61. The maximum Gasteiger partial charge on any atom is 0.246 e. The Labute approximate surface area is 175 Å². The number of rotatable bonds is 6. The standard InChI is InChI=1S/C19H18F4N2O3S2/c20-13-1-3-14(4-2-13)29-12-7-17(26)24-8-10-25(11-9-24)30(27,28)16-6-5-15(21)18(22)19(16)23/h1-6H,7-12H2. The summed E-state index contributed by atoms with van der Waals surface area (Å²) in [6.45, 7) is 0.0321. The minimum absolute atomic E-state index is 0.0857. The van der Waals surface area contributed by atoms with Crippen LogP contribution in [-0.4, -0.2) is 55.5 Å². The third kappa shape index (κ3) is 4.96. The van der Waals surface area contributed by atoms with Crippen LogP contribution in [0.25, 0.3) is 0 Å². The zero-order valence-corrected chi connectivity index (χ0v) is 17.3. The number of carbonyl (C=O) groups is 1. The summed E-state index contributed by atoms with van der Waals surface area (Å²) in [4.78, 5) is 13.7. The van der Waals surface area contributed by atoms with E-state index in [1.165, 1.54) is 28.8 Å². The van der Waals surface area contributed by atoms with Crippen LogP contribution in [0.15, 0.2) is 46.2 Å². The quantitative estimate of drug-likeness (QED) is 0.376. The maximum atomic E-state index is 13.9. The molecule has 162 valence electrons. The number of piperazine rings is 1.